The van der Waals surface area contributed by atoms with Crippen LogP contribution in [-0.2, 0) is 4.79 Å². The molecule has 1 unspecified atom stereocenters. The number of nitrogens with one attached hydrogen (secondary N) is 1. The lowest BCUT2D eigenvalue weighted by Gasteiger charge is -2.20. The highest BCUT2D eigenvalue weighted by molar-refractivity contribution is 5.94. The zero-order chi connectivity index (χ0) is 19.3. The number of methoxy groups -OCH3 is 2. The van der Waals surface area contributed by atoms with Crippen LogP contribution >= 0.6 is 0 Å². The number of carbonyl (C=O) groups is 2. The zero-order valence-corrected chi connectivity index (χ0v) is 14.7. The van der Waals surface area contributed by atoms with Crippen molar-refractivity contribution in [1.29, 1.82) is 0 Å². The van der Waals surface area contributed by atoms with E-state index in [0.717, 1.165) is 6.07 Å². The van der Waals surface area contributed by atoms with Gasteiger partial charge in [-0.25, -0.2) is 4.39 Å². The largest absolute Gasteiger partial charge is 0.497 e. The molecule has 0 aromatic heterocycles. The maximum Gasteiger partial charge on any atom is 0.305 e. The fraction of sp³-hybridized carbons (Fsp3) is 0.263. The highest BCUT2D eigenvalue weighted by Gasteiger charge is 2.23. The van der Waals surface area contributed by atoms with E-state index in [1.165, 1.54) is 26.4 Å². The summed E-state index contributed by atoms with van der Waals surface area (Å²) in [5.74, 6) is -1.26. The highest BCUT2D eigenvalue weighted by atomic mass is 19.1. The maximum absolute atomic E-state index is 13.7. The second kappa shape index (κ2) is 8.33. The van der Waals surface area contributed by atoms with E-state index in [9.17, 15) is 19.1 Å². The van der Waals surface area contributed by atoms with Crippen molar-refractivity contribution in [2.24, 2.45) is 0 Å². The molecular weight excluding hydrogens is 341 g/mol. The van der Waals surface area contributed by atoms with Crippen LogP contribution in [0.1, 0.15) is 33.9 Å². The number of amides is 1. The van der Waals surface area contributed by atoms with Crippen LogP contribution in [0.3, 0.4) is 0 Å². The average Bonchev–Trinajstić information content (AvgIpc) is 2.62. The topological polar surface area (TPSA) is 84.9 Å². The van der Waals surface area contributed by atoms with Crippen molar-refractivity contribution in [3.8, 4) is 11.5 Å². The number of hydrogen-bond donors (Lipinski definition) is 2. The van der Waals surface area contributed by atoms with Crippen LogP contribution in [0.25, 0.3) is 0 Å². The number of ether oxygens (including phenoxy) is 2. The summed E-state index contributed by atoms with van der Waals surface area (Å²) >= 11 is 0. The van der Waals surface area contributed by atoms with Gasteiger partial charge in [0.05, 0.1) is 26.7 Å². The Labute approximate surface area is 150 Å². The lowest BCUT2D eigenvalue weighted by molar-refractivity contribution is -0.137. The Morgan fingerprint density at radius 3 is 2.46 bits per heavy atom. The standard InChI is InChI=1S/C19H20FNO5/c1-11-4-5-12(8-15(11)20)19(24)21-16(10-18(22)23)14-7-6-13(25-2)9-17(14)26-3/h4-9,16H,10H2,1-3H3,(H,21,24)(H,22,23). The molecule has 2 rings (SSSR count). The lowest BCUT2D eigenvalue weighted by Crippen LogP contribution is -2.30. The molecule has 0 aliphatic rings. The number of halogens is 1. The van der Waals surface area contributed by atoms with Gasteiger partial charge in [-0.2, -0.15) is 0 Å². The van der Waals surface area contributed by atoms with Crippen molar-refractivity contribution in [3.63, 3.8) is 0 Å². The summed E-state index contributed by atoms with van der Waals surface area (Å²) in [6.07, 6.45) is -0.358. The molecule has 0 aliphatic heterocycles. The van der Waals surface area contributed by atoms with Crippen molar-refractivity contribution < 1.29 is 28.6 Å². The Bertz CT molecular complexity index is 822. The van der Waals surface area contributed by atoms with E-state index in [0.29, 0.717) is 22.6 Å². The van der Waals surface area contributed by atoms with Gasteiger partial charge in [0.1, 0.15) is 17.3 Å². The normalized spacial score (nSPS) is 11.5. The fourth-order valence-electron chi connectivity index (χ4n) is 2.50. The molecule has 6 nitrogen and oxygen atoms in total. The Kier molecular flexibility index (Phi) is 6.16. The van der Waals surface area contributed by atoms with Gasteiger partial charge in [-0.3, -0.25) is 9.59 Å². The van der Waals surface area contributed by atoms with Gasteiger partial charge in [-0.1, -0.05) is 6.07 Å². The van der Waals surface area contributed by atoms with Crippen molar-refractivity contribution >= 4 is 11.9 Å². The minimum atomic E-state index is -1.09. The number of rotatable bonds is 7. The van der Waals surface area contributed by atoms with Crippen LogP contribution in [-0.4, -0.2) is 31.2 Å². The van der Waals surface area contributed by atoms with Gasteiger partial charge in [0, 0.05) is 17.2 Å². The number of hydrogen-bond acceptors (Lipinski definition) is 4. The third kappa shape index (κ3) is 4.50. The van der Waals surface area contributed by atoms with Gasteiger partial charge in [0.25, 0.3) is 5.91 Å². The molecule has 0 radical (unpaired) electrons. The zero-order valence-electron chi connectivity index (χ0n) is 14.7. The second-order valence-corrected chi connectivity index (χ2v) is 5.70. The molecule has 2 aromatic carbocycles. The van der Waals surface area contributed by atoms with Gasteiger partial charge in [-0.05, 0) is 36.8 Å². The fourth-order valence-corrected chi connectivity index (χ4v) is 2.50. The molecule has 138 valence electrons. The number of carbonyl (C=O) groups excluding carboxylic acids is 1. The van der Waals surface area contributed by atoms with Crippen LogP contribution in [0.2, 0.25) is 0 Å². The quantitative estimate of drug-likeness (QED) is 0.792. The van der Waals surface area contributed by atoms with E-state index in [1.54, 1.807) is 25.1 Å². The molecule has 0 fully saturated rings. The summed E-state index contributed by atoms with van der Waals surface area (Å²) in [5, 5.41) is 11.8. The Morgan fingerprint density at radius 2 is 1.88 bits per heavy atom. The molecule has 0 spiro atoms. The molecule has 1 atom stereocenters. The minimum absolute atomic E-state index is 0.107. The Balaban J connectivity index is 2.34. The van der Waals surface area contributed by atoms with Gasteiger partial charge < -0.3 is 19.9 Å². The van der Waals surface area contributed by atoms with E-state index in [4.69, 9.17) is 9.47 Å². The summed E-state index contributed by atoms with van der Waals surface area (Å²) < 4.78 is 24.1. The van der Waals surface area contributed by atoms with E-state index in [2.05, 4.69) is 5.32 Å². The molecule has 2 N–H and O–H groups in total. The molecule has 26 heavy (non-hydrogen) atoms. The third-order valence-electron chi connectivity index (χ3n) is 3.93. The molecule has 0 heterocycles. The van der Waals surface area contributed by atoms with Gasteiger partial charge in [0.2, 0.25) is 0 Å². The van der Waals surface area contributed by atoms with Gasteiger partial charge in [0.15, 0.2) is 0 Å². The third-order valence-corrected chi connectivity index (χ3v) is 3.93. The van der Waals surface area contributed by atoms with Gasteiger partial charge in [-0.15, -0.1) is 0 Å². The monoisotopic (exact) mass is 361 g/mol. The number of carboxylic acid groups (broad SMARTS) is 1. The van der Waals surface area contributed by atoms with Crippen LogP contribution in [0.5, 0.6) is 11.5 Å². The number of aliphatic carboxylic acids is 1. The average molecular weight is 361 g/mol. The first-order chi connectivity index (χ1) is 12.3. The Morgan fingerprint density at radius 1 is 1.15 bits per heavy atom. The highest BCUT2D eigenvalue weighted by Crippen LogP contribution is 2.31. The summed E-state index contributed by atoms with van der Waals surface area (Å²) in [5.41, 5.74) is 1.01. The van der Waals surface area contributed by atoms with E-state index in [-0.39, 0.29) is 12.0 Å². The molecule has 2 aromatic rings. The van der Waals surface area contributed by atoms with Crippen LogP contribution in [0.15, 0.2) is 36.4 Å². The van der Waals surface area contributed by atoms with E-state index < -0.39 is 23.7 Å². The molecule has 0 saturated carbocycles. The van der Waals surface area contributed by atoms with E-state index >= 15 is 0 Å². The van der Waals surface area contributed by atoms with Crippen LogP contribution < -0.4 is 14.8 Å². The van der Waals surface area contributed by atoms with Gasteiger partial charge >= 0.3 is 5.97 Å². The second-order valence-electron chi connectivity index (χ2n) is 5.70. The first kappa shape index (κ1) is 19.2. The van der Waals surface area contributed by atoms with Crippen molar-refractivity contribution in [3.05, 3.63) is 58.9 Å². The molecule has 1 amide bonds. The minimum Gasteiger partial charge on any atom is -0.497 e. The summed E-state index contributed by atoms with van der Waals surface area (Å²) in [6, 6.07) is 8.10. The summed E-state index contributed by atoms with van der Waals surface area (Å²) in [6.45, 7) is 1.59. The van der Waals surface area contributed by atoms with Crippen molar-refractivity contribution in [2.75, 3.05) is 14.2 Å². The number of carboxylic acids is 1. The molecule has 0 bridgehead atoms. The van der Waals surface area contributed by atoms with E-state index in [1.807, 2.05) is 0 Å². The molecule has 0 aliphatic carbocycles. The first-order valence-electron chi connectivity index (χ1n) is 7.86. The SMILES string of the molecule is COc1ccc(C(CC(=O)O)NC(=O)c2ccc(C)c(F)c2)c(OC)c1. The van der Waals surface area contributed by atoms with Crippen LogP contribution in [0, 0.1) is 12.7 Å². The first-order valence-corrected chi connectivity index (χ1v) is 7.86. The summed E-state index contributed by atoms with van der Waals surface area (Å²) in [7, 11) is 2.93. The van der Waals surface area contributed by atoms with Crippen LogP contribution in [0.4, 0.5) is 4.39 Å². The Hall–Kier alpha value is -3.09. The molecule has 7 heteroatoms. The van der Waals surface area contributed by atoms with Crippen molar-refractivity contribution in [2.45, 2.75) is 19.4 Å². The molecular formula is C19H20FNO5. The smallest absolute Gasteiger partial charge is 0.305 e. The number of aryl methyl sites for hydroxylation is 1. The predicted molar refractivity (Wildman–Crippen MR) is 93.1 cm³/mol. The lowest BCUT2D eigenvalue weighted by atomic mass is 10.0. The van der Waals surface area contributed by atoms with Crippen molar-refractivity contribution in [1.82, 2.24) is 5.32 Å². The summed E-state index contributed by atoms with van der Waals surface area (Å²) in [4.78, 5) is 23.7. The maximum atomic E-state index is 13.7. The predicted octanol–water partition coefficient (Wildman–Crippen LogP) is 3.10. The number of benzene rings is 2. The molecule has 0 saturated heterocycles.